The fourth-order valence-corrected chi connectivity index (χ4v) is 1.88. The Kier molecular flexibility index (Phi) is 5.78. The monoisotopic (exact) mass is 310 g/mol. The second-order valence-corrected chi connectivity index (χ2v) is 4.70. The summed E-state index contributed by atoms with van der Waals surface area (Å²) in [7, 11) is 1.61. The van der Waals surface area contributed by atoms with Gasteiger partial charge < -0.3 is 14.8 Å². The molecule has 0 saturated carbocycles. The molecule has 1 aromatic heterocycles. The highest BCUT2D eigenvalue weighted by Gasteiger charge is 2.05. The van der Waals surface area contributed by atoms with E-state index in [1.54, 1.807) is 31.5 Å². The number of pyridine rings is 1. The molecule has 1 aromatic carbocycles. The molecule has 0 radical (unpaired) electrons. The number of nitrogens with zero attached hydrogens (tertiary/aromatic N) is 1. The van der Waals surface area contributed by atoms with Gasteiger partial charge in [-0.1, -0.05) is 23.7 Å². The Morgan fingerprint density at radius 3 is 2.81 bits per heavy atom. The van der Waals surface area contributed by atoms with Crippen LogP contribution in [0.1, 0.15) is 5.56 Å². The zero-order valence-corrected chi connectivity index (χ0v) is 12.4. The van der Waals surface area contributed by atoms with Crippen LogP contribution in [-0.2, 0) is 11.3 Å². The lowest BCUT2D eigenvalue weighted by molar-refractivity contribution is 0.144. The Bertz CT molecular complexity index is 578. The van der Waals surface area contributed by atoms with Crippen LogP contribution in [0, 0.1) is 5.82 Å². The van der Waals surface area contributed by atoms with Crippen LogP contribution in [0.2, 0.25) is 5.02 Å². The maximum absolute atomic E-state index is 13.7. The van der Waals surface area contributed by atoms with Gasteiger partial charge in [0.2, 0.25) is 5.88 Å². The number of methoxy groups -OCH3 is 1. The van der Waals surface area contributed by atoms with E-state index in [0.717, 1.165) is 5.69 Å². The van der Waals surface area contributed by atoms with Gasteiger partial charge in [0, 0.05) is 25.3 Å². The van der Waals surface area contributed by atoms with E-state index in [2.05, 4.69) is 10.3 Å². The van der Waals surface area contributed by atoms with E-state index in [0.29, 0.717) is 31.2 Å². The van der Waals surface area contributed by atoms with Crippen molar-refractivity contribution in [3.8, 4) is 5.88 Å². The third kappa shape index (κ3) is 4.58. The molecule has 0 bridgehead atoms. The number of benzene rings is 1. The van der Waals surface area contributed by atoms with Crippen molar-refractivity contribution in [1.82, 2.24) is 4.98 Å². The molecular weight excluding hydrogens is 295 g/mol. The summed E-state index contributed by atoms with van der Waals surface area (Å²) in [6.45, 7) is 1.29. The summed E-state index contributed by atoms with van der Waals surface area (Å²) in [4.78, 5) is 4.14. The first-order valence-electron chi connectivity index (χ1n) is 6.45. The first-order chi connectivity index (χ1) is 10.2. The first kappa shape index (κ1) is 15.5. The average molecular weight is 311 g/mol. The van der Waals surface area contributed by atoms with Gasteiger partial charge >= 0.3 is 0 Å². The molecule has 0 spiro atoms. The van der Waals surface area contributed by atoms with Crippen LogP contribution >= 0.6 is 11.6 Å². The number of halogens is 2. The van der Waals surface area contributed by atoms with Crippen molar-refractivity contribution in [2.45, 2.75) is 6.54 Å². The summed E-state index contributed by atoms with van der Waals surface area (Å²) < 4.78 is 24.0. The lowest BCUT2D eigenvalue weighted by atomic mass is 10.2. The number of anilines is 1. The summed E-state index contributed by atoms with van der Waals surface area (Å²) in [6, 6.07) is 8.48. The molecule has 0 aliphatic heterocycles. The van der Waals surface area contributed by atoms with E-state index in [1.807, 2.05) is 6.07 Å². The maximum atomic E-state index is 13.7. The number of hydrogen-bond acceptors (Lipinski definition) is 4. The molecule has 0 aliphatic rings. The number of ether oxygens (including phenoxy) is 2. The molecule has 21 heavy (non-hydrogen) atoms. The van der Waals surface area contributed by atoms with Crippen LogP contribution in [0.15, 0.2) is 36.5 Å². The maximum Gasteiger partial charge on any atom is 0.213 e. The van der Waals surface area contributed by atoms with E-state index >= 15 is 0 Å². The Labute approximate surface area is 127 Å². The molecule has 1 N–H and O–H groups in total. The van der Waals surface area contributed by atoms with Crippen molar-refractivity contribution in [2.75, 3.05) is 25.6 Å². The minimum absolute atomic E-state index is 0.120. The van der Waals surface area contributed by atoms with Crippen molar-refractivity contribution in [1.29, 1.82) is 0 Å². The fraction of sp³-hybridized carbons (Fsp3) is 0.267. The van der Waals surface area contributed by atoms with Crippen LogP contribution in [0.3, 0.4) is 0 Å². The highest BCUT2D eigenvalue weighted by Crippen LogP contribution is 2.19. The number of nitrogens with one attached hydrogen (secondary N) is 1. The zero-order chi connectivity index (χ0) is 15.1. The van der Waals surface area contributed by atoms with Gasteiger partial charge in [0.25, 0.3) is 0 Å². The second-order valence-electron chi connectivity index (χ2n) is 4.29. The van der Waals surface area contributed by atoms with E-state index in [1.165, 1.54) is 6.07 Å². The van der Waals surface area contributed by atoms with Gasteiger partial charge in [0.15, 0.2) is 0 Å². The third-order valence-electron chi connectivity index (χ3n) is 2.79. The Morgan fingerprint density at radius 2 is 2.10 bits per heavy atom. The molecule has 112 valence electrons. The topological polar surface area (TPSA) is 43.4 Å². The van der Waals surface area contributed by atoms with Crippen LogP contribution in [0.4, 0.5) is 10.1 Å². The minimum Gasteiger partial charge on any atom is -0.475 e. The predicted octanol–water partition coefficient (Wildman–Crippen LogP) is 3.51. The summed E-state index contributed by atoms with van der Waals surface area (Å²) in [5.41, 5.74) is 1.27. The molecule has 2 rings (SSSR count). The highest BCUT2D eigenvalue weighted by molar-refractivity contribution is 6.30. The highest BCUT2D eigenvalue weighted by atomic mass is 35.5. The summed E-state index contributed by atoms with van der Waals surface area (Å²) in [5, 5.41) is 3.20. The molecule has 0 fully saturated rings. The predicted molar refractivity (Wildman–Crippen MR) is 80.3 cm³/mol. The fourth-order valence-electron chi connectivity index (χ4n) is 1.68. The van der Waals surface area contributed by atoms with Crippen LogP contribution < -0.4 is 10.1 Å². The van der Waals surface area contributed by atoms with Gasteiger partial charge in [-0.15, -0.1) is 0 Å². The van der Waals surface area contributed by atoms with Gasteiger partial charge in [0.05, 0.1) is 23.5 Å². The standard InChI is InChI=1S/C15H16ClFN2O2/c1-20-7-8-21-14-6-5-12(10-19-14)18-9-11-3-2-4-13(16)15(11)17/h2-6,10,18H,7-9H2,1H3. The summed E-state index contributed by atoms with van der Waals surface area (Å²) in [5.74, 6) is 0.116. The van der Waals surface area contributed by atoms with Gasteiger partial charge in [-0.25, -0.2) is 9.37 Å². The minimum atomic E-state index is -0.404. The molecule has 0 amide bonds. The second kappa shape index (κ2) is 7.81. The molecule has 6 heteroatoms. The molecule has 4 nitrogen and oxygen atoms in total. The van der Waals surface area contributed by atoms with E-state index < -0.39 is 5.82 Å². The SMILES string of the molecule is COCCOc1ccc(NCc2cccc(Cl)c2F)cn1. The zero-order valence-electron chi connectivity index (χ0n) is 11.6. The molecule has 0 unspecified atom stereocenters. The van der Waals surface area contributed by atoms with E-state index in [9.17, 15) is 4.39 Å². The quantitative estimate of drug-likeness (QED) is 0.795. The van der Waals surface area contributed by atoms with Gasteiger partial charge in [0.1, 0.15) is 12.4 Å². The van der Waals surface area contributed by atoms with Crippen LogP contribution in [-0.4, -0.2) is 25.3 Å². The Morgan fingerprint density at radius 1 is 1.24 bits per heavy atom. The Hall–Kier alpha value is -1.85. The van der Waals surface area contributed by atoms with Crippen molar-refractivity contribution >= 4 is 17.3 Å². The Balaban J connectivity index is 1.90. The van der Waals surface area contributed by atoms with Gasteiger partial charge in [-0.3, -0.25) is 0 Å². The van der Waals surface area contributed by atoms with E-state index in [-0.39, 0.29) is 5.02 Å². The largest absolute Gasteiger partial charge is 0.475 e. The molecular formula is C15H16ClFN2O2. The average Bonchev–Trinajstić information content (AvgIpc) is 2.50. The normalized spacial score (nSPS) is 10.4. The first-order valence-corrected chi connectivity index (χ1v) is 6.83. The molecule has 0 saturated heterocycles. The van der Waals surface area contributed by atoms with Crippen molar-refractivity contribution < 1.29 is 13.9 Å². The number of aromatic nitrogens is 1. The number of hydrogen-bond donors (Lipinski definition) is 1. The molecule has 0 atom stereocenters. The van der Waals surface area contributed by atoms with E-state index in [4.69, 9.17) is 21.1 Å². The summed E-state index contributed by atoms with van der Waals surface area (Å²) in [6.07, 6.45) is 1.63. The molecule has 2 aromatic rings. The summed E-state index contributed by atoms with van der Waals surface area (Å²) >= 11 is 5.73. The van der Waals surface area contributed by atoms with Crippen LogP contribution in [0.5, 0.6) is 5.88 Å². The van der Waals surface area contributed by atoms with Gasteiger partial charge in [-0.05, 0) is 12.1 Å². The third-order valence-corrected chi connectivity index (χ3v) is 3.08. The smallest absolute Gasteiger partial charge is 0.213 e. The van der Waals surface area contributed by atoms with Crippen molar-refractivity contribution in [3.63, 3.8) is 0 Å². The molecule has 0 aliphatic carbocycles. The lowest BCUT2D eigenvalue weighted by Gasteiger charge is -2.09. The van der Waals surface area contributed by atoms with Gasteiger partial charge in [-0.2, -0.15) is 0 Å². The van der Waals surface area contributed by atoms with Crippen LogP contribution in [0.25, 0.3) is 0 Å². The molecule has 1 heterocycles. The number of rotatable bonds is 7. The van der Waals surface area contributed by atoms with Crippen molar-refractivity contribution in [3.05, 3.63) is 52.9 Å². The van der Waals surface area contributed by atoms with Crippen molar-refractivity contribution in [2.24, 2.45) is 0 Å². The lowest BCUT2D eigenvalue weighted by Crippen LogP contribution is -2.06.